The minimum atomic E-state index is -0.686. The molecule has 0 amide bonds. The van der Waals surface area contributed by atoms with Crippen LogP contribution in [0.25, 0.3) is 0 Å². The summed E-state index contributed by atoms with van der Waals surface area (Å²) in [5, 5.41) is 11.0. The van der Waals surface area contributed by atoms with Crippen molar-refractivity contribution in [2.24, 2.45) is 5.73 Å². The molecule has 2 N–H and O–H groups in total. The fraction of sp³-hybridized carbons (Fsp3) is 0.538. The number of benzene rings is 1. The summed E-state index contributed by atoms with van der Waals surface area (Å²) in [5.41, 5.74) is 5.67. The molecule has 0 radical (unpaired) electrons. The molecule has 1 saturated carbocycles. The highest BCUT2D eigenvalue weighted by Gasteiger charge is 2.26. The molecule has 1 fully saturated rings. The Labute approximate surface area is 124 Å². The van der Waals surface area contributed by atoms with Gasteiger partial charge in [-0.15, -0.1) is 0 Å². The van der Waals surface area contributed by atoms with Crippen molar-refractivity contribution in [3.05, 3.63) is 32.5 Å². The highest BCUT2D eigenvalue weighted by Crippen LogP contribution is 2.34. The highest BCUT2D eigenvalue weighted by molar-refractivity contribution is 9.10. The second-order valence-corrected chi connectivity index (χ2v) is 5.80. The van der Waals surface area contributed by atoms with Crippen LogP contribution >= 0.6 is 15.9 Å². The Balaban J connectivity index is 2.27. The summed E-state index contributed by atoms with van der Waals surface area (Å²) in [6, 6.07) is 2.01. The van der Waals surface area contributed by atoms with Gasteiger partial charge in [0.05, 0.1) is 15.5 Å². The van der Waals surface area contributed by atoms with E-state index in [2.05, 4.69) is 15.9 Å². The lowest BCUT2D eigenvalue weighted by molar-refractivity contribution is -0.386. The topological polar surface area (TPSA) is 78.4 Å². The number of halogens is 2. The predicted molar refractivity (Wildman–Crippen MR) is 76.2 cm³/mol. The molecule has 0 aromatic heterocycles. The van der Waals surface area contributed by atoms with E-state index in [1.807, 2.05) is 0 Å². The van der Waals surface area contributed by atoms with Gasteiger partial charge in [-0.05, 0) is 35.2 Å². The van der Waals surface area contributed by atoms with Crippen LogP contribution in [0.5, 0.6) is 5.75 Å². The molecule has 110 valence electrons. The number of nitro groups is 1. The maximum absolute atomic E-state index is 13.4. The number of nitrogens with zero attached hydrogens (tertiary/aromatic N) is 1. The molecular formula is C13H16BrFN2O3. The Morgan fingerprint density at radius 3 is 2.75 bits per heavy atom. The molecule has 0 heterocycles. The maximum Gasteiger partial charge on any atom is 0.313 e. The predicted octanol–water partition coefficient (Wildman–Crippen LogP) is 3.54. The highest BCUT2D eigenvalue weighted by atomic mass is 79.9. The second kappa shape index (κ2) is 6.49. The standard InChI is InChI=1S/C13H16BrFN2O3/c14-8-6-13(11(17(18)19)7-9(8)15)20-12-5-3-1-2-4-10(12)16/h6-7,10,12H,1-5,16H2. The van der Waals surface area contributed by atoms with E-state index in [1.165, 1.54) is 6.07 Å². The Kier molecular flexibility index (Phi) is 4.93. The largest absolute Gasteiger partial charge is 0.482 e. The van der Waals surface area contributed by atoms with Crippen molar-refractivity contribution in [1.29, 1.82) is 0 Å². The summed E-state index contributed by atoms with van der Waals surface area (Å²) in [5.74, 6) is -0.625. The van der Waals surface area contributed by atoms with E-state index in [0.717, 1.165) is 38.2 Å². The van der Waals surface area contributed by atoms with Crippen molar-refractivity contribution >= 4 is 21.6 Å². The minimum absolute atomic E-state index is 0.0608. The van der Waals surface area contributed by atoms with E-state index in [-0.39, 0.29) is 28.1 Å². The fourth-order valence-electron chi connectivity index (χ4n) is 2.37. The first-order valence-electron chi connectivity index (χ1n) is 6.54. The van der Waals surface area contributed by atoms with Crippen molar-refractivity contribution < 1.29 is 14.1 Å². The van der Waals surface area contributed by atoms with E-state index < -0.39 is 10.7 Å². The first-order chi connectivity index (χ1) is 9.49. The van der Waals surface area contributed by atoms with Crippen LogP contribution in [0.4, 0.5) is 10.1 Å². The normalized spacial score (nSPS) is 23.1. The minimum Gasteiger partial charge on any atom is -0.482 e. The summed E-state index contributed by atoms with van der Waals surface area (Å²) < 4.78 is 19.3. The monoisotopic (exact) mass is 346 g/mol. The first-order valence-corrected chi connectivity index (χ1v) is 7.34. The Morgan fingerprint density at radius 1 is 1.35 bits per heavy atom. The second-order valence-electron chi connectivity index (χ2n) is 4.95. The van der Waals surface area contributed by atoms with Crippen LogP contribution in [0.3, 0.4) is 0 Å². The van der Waals surface area contributed by atoms with Gasteiger partial charge in [-0.25, -0.2) is 4.39 Å². The average Bonchev–Trinajstić information content (AvgIpc) is 2.59. The number of nitro benzene ring substituents is 1. The number of nitrogens with two attached hydrogens (primary N) is 1. The van der Waals surface area contributed by atoms with Gasteiger partial charge >= 0.3 is 5.69 Å². The van der Waals surface area contributed by atoms with Gasteiger partial charge < -0.3 is 10.5 Å². The van der Waals surface area contributed by atoms with Crippen LogP contribution in [-0.2, 0) is 0 Å². The molecule has 0 aliphatic heterocycles. The van der Waals surface area contributed by atoms with Gasteiger partial charge in [0.15, 0.2) is 5.75 Å². The third kappa shape index (κ3) is 3.46. The third-order valence-corrected chi connectivity index (χ3v) is 4.09. The molecule has 20 heavy (non-hydrogen) atoms. The van der Waals surface area contributed by atoms with E-state index in [1.54, 1.807) is 0 Å². The molecular weight excluding hydrogens is 331 g/mol. The van der Waals surface area contributed by atoms with Gasteiger partial charge in [0.2, 0.25) is 0 Å². The summed E-state index contributed by atoms with van der Waals surface area (Å²) in [4.78, 5) is 10.3. The van der Waals surface area contributed by atoms with E-state index >= 15 is 0 Å². The lowest BCUT2D eigenvalue weighted by Gasteiger charge is -2.22. The van der Waals surface area contributed by atoms with Crippen LogP contribution in [0.15, 0.2) is 16.6 Å². The molecule has 1 aliphatic rings. The van der Waals surface area contributed by atoms with Crippen LogP contribution in [0, 0.1) is 15.9 Å². The SMILES string of the molecule is NC1CCCCCC1Oc1cc(Br)c(F)cc1[N+](=O)[O-]. The summed E-state index contributed by atoms with van der Waals surface area (Å²) >= 11 is 3.02. The zero-order valence-corrected chi connectivity index (χ0v) is 12.4. The lowest BCUT2D eigenvalue weighted by atomic mass is 10.1. The lowest BCUT2D eigenvalue weighted by Crippen LogP contribution is -2.38. The van der Waals surface area contributed by atoms with Crippen molar-refractivity contribution in [3.63, 3.8) is 0 Å². The van der Waals surface area contributed by atoms with Gasteiger partial charge in [-0.3, -0.25) is 10.1 Å². The maximum atomic E-state index is 13.4. The molecule has 1 aromatic carbocycles. The van der Waals surface area contributed by atoms with Crippen LogP contribution in [0.1, 0.15) is 32.1 Å². The van der Waals surface area contributed by atoms with Gasteiger partial charge in [-0.2, -0.15) is 0 Å². The molecule has 2 unspecified atom stereocenters. The Bertz CT molecular complexity index is 513. The van der Waals surface area contributed by atoms with Gasteiger partial charge in [0.25, 0.3) is 0 Å². The average molecular weight is 347 g/mol. The first kappa shape index (κ1) is 15.2. The summed E-state index contributed by atoms with van der Waals surface area (Å²) in [6.45, 7) is 0. The van der Waals surface area contributed by atoms with Crippen LogP contribution in [-0.4, -0.2) is 17.1 Å². The number of rotatable bonds is 3. The summed E-state index contributed by atoms with van der Waals surface area (Å²) in [6.07, 6.45) is 4.43. The van der Waals surface area contributed by atoms with E-state index in [0.29, 0.717) is 0 Å². The molecule has 1 aliphatic carbocycles. The molecule has 0 spiro atoms. The van der Waals surface area contributed by atoms with Crippen molar-refractivity contribution in [1.82, 2.24) is 0 Å². The molecule has 1 aromatic rings. The molecule has 5 nitrogen and oxygen atoms in total. The van der Waals surface area contributed by atoms with Crippen LogP contribution in [0.2, 0.25) is 0 Å². The molecule has 0 bridgehead atoms. The molecule has 2 atom stereocenters. The molecule has 0 saturated heterocycles. The van der Waals surface area contributed by atoms with Gasteiger partial charge in [-0.1, -0.05) is 12.8 Å². The smallest absolute Gasteiger partial charge is 0.313 e. The quantitative estimate of drug-likeness (QED) is 0.515. The number of hydrogen-bond acceptors (Lipinski definition) is 4. The van der Waals surface area contributed by atoms with Crippen LogP contribution < -0.4 is 10.5 Å². The Hall–Kier alpha value is -1.21. The zero-order valence-electron chi connectivity index (χ0n) is 10.9. The van der Waals surface area contributed by atoms with Gasteiger partial charge in [0.1, 0.15) is 11.9 Å². The van der Waals surface area contributed by atoms with Crippen molar-refractivity contribution in [2.75, 3.05) is 0 Å². The Morgan fingerprint density at radius 2 is 2.05 bits per heavy atom. The number of hydrogen-bond donors (Lipinski definition) is 1. The third-order valence-electron chi connectivity index (χ3n) is 3.48. The fourth-order valence-corrected chi connectivity index (χ4v) is 2.69. The van der Waals surface area contributed by atoms with E-state index in [4.69, 9.17) is 10.5 Å². The summed E-state index contributed by atoms with van der Waals surface area (Å²) in [7, 11) is 0. The van der Waals surface area contributed by atoms with E-state index in [9.17, 15) is 14.5 Å². The molecule has 2 rings (SSSR count). The van der Waals surface area contributed by atoms with Gasteiger partial charge in [0, 0.05) is 12.1 Å². The zero-order chi connectivity index (χ0) is 14.7. The molecule has 7 heteroatoms. The van der Waals surface area contributed by atoms with Crippen molar-refractivity contribution in [3.8, 4) is 5.75 Å². The number of ether oxygens (including phenoxy) is 1. The van der Waals surface area contributed by atoms with Crippen molar-refractivity contribution in [2.45, 2.75) is 44.2 Å².